The van der Waals surface area contributed by atoms with Crippen molar-refractivity contribution in [1.82, 2.24) is 4.90 Å². The smallest absolute Gasteiger partial charge is 0.124 e. The minimum Gasteiger partial charge on any atom is -0.357 e. The van der Waals surface area contributed by atoms with E-state index in [1.54, 1.807) is 6.21 Å². The van der Waals surface area contributed by atoms with Gasteiger partial charge in [-0.25, -0.2) is 0 Å². The van der Waals surface area contributed by atoms with E-state index in [4.69, 9.17) is 0 Å². The van der Waals surface area contributed by atoms with Crippen molar-refractivity contribution in [3.63, 3.8) is 0 Å². The number of hydrogen-bond acceptors (Lipinski definition) is 3. The van der Waals surface area contributed by atoms with Gasteiger partial charge in [-0.2, -0.15) is 5.10 Å². The van der Waals surface area contributed by atoms with Gasteiger partial charge >= 0.3 is 0 Å². The van der Waals surface area contributed by atoms with E-state index in [2.05, 4.69) is 10.2 Å². The zero-order chi connectivity index (χ0) is 5.98. The third kappa shape index (κ3) is 0.857. The van der Waals surface area contributed by atoms with E-state index in [0.29, 0.717) is 0 Å². The Morgan fingerprint density at radius 1 is 1.75 bits per heavy atom. The van der Waals surface area contributed by atoms with Crippen LogP contribution in [0, 0.1) is 0 Å². The lowest BCUT2D eigenvalue weighted by atomic mass is 10.5. The van der Waals surface area contributed by atoms with E-state index in [-0.39, 0.29) is 0 Å². The van der Waals surface area contributed by atoms with Gasteiger partial charge in [0.1, 0.15) is 5.84 Å². The van der Waals surface area contributed by atoms with Gasteiger partial charge in [-0.3, -0.25) is 0 Å². The predicted molar refractivity (Wildman–Crippen MR) is 34.2 cm³/mol. The molecule has 0 saturated carbocycles. The Kier molecular flexibility index (Phi) is 1.28. The Bertz CT molecular complexity index is 137. The zero-order valence-corrected chi connectivity index (χ0v) is 5.13. The number of amidine groups is 1. The summed E-state index contributed by atoms with van der Waals surface area (Å²) in [4.78, 5) is 2.03. The van der Waals surface area contributed by atoms with E-state index in [0.717, 1.165) is 12.4 Å². The highest BCUT2D eigenvalue weighted by atomic mass is 15.3. The van der Waals surface area contributed by atoms with Crippen molar-refractivity contribution in [2.24, 2.45) is 10.2 Å². The summed E-state index contributed by atoms with van der Waals surface area (Å²) in [5.74, 6) is 0.979. The SMILES string of the molecule is CC1=NN=CCN1C. The highest BCUT2D eigenvalue weighted by molar-refractivity contribution is 5.84. The van der Waals surface area contributed by atoms with Crippen LogP contribution in [0.1, 0.15) is 6.92 Å². The number of nitrogens with zero attached hydrogens (tertiary/aromatic N) is 3. The molecule has 0 aromatic carbocycles. The molecule has 44 valence electrons. The van der Waals surface area contributed by atoms with Crippen LogP contribution < -0.4 is 0 Å². The van der Waals surface area contributed by atoms with Crippen LogP contribution in [0.5, 0.6) is 0 Å². The van der Waals surface area contributed by atoms with Crippen molar-refractivity contribution >= 4 is 12.1 Å². The van der Waals surface area contributed by atoms with E-state index in [1.807, 2.05) is 18.9 Å². The van der Waals surface area contributed by atoms with E-state index >= 15 is 0 Å². The van der Waals surface area contributed by atoms with Gasteiger partial charge in [0.05, 0.1) is 6.54 Å². The van der Waals surface area contributed by atoms with Crippen LogP contribution in [-0.2, 0) is 0 Å². The fourth-order valence-corrected chi connectivity index (χ4v) is 0.492. The molecule has 0 saturated heterocycles. The zero-order valence-electron chi connectivity index (χ0n) is 5.13. The second kappa shape index (κ2) is 1.94. The van der Waals surface area contributed by atoms with Crippen molar-refractivity contribution < 1.29 is 0 Å². The van der Waals surface area contributed by atoms with Crippen LogP contribution in [0.4, 0.5) is 0 Å². The molecule has 1 rings (SSSR count). The fourth-order valence-electron chi connectivity index (χ4n) is 0.492. The average Bonchev–Trinajstić information content (AvgIpc) is 1.77. The Balaban J connectivity index is 2.66. The van der Waals surface area contributed by atoms with Gasteiger partial charge in [0.25, 0.3) is 0 Å². The summed E-state index contributed by atoms with van der Waals surface area (Å²) in [5.41, 5.74) is 0. The summed E-state index contributed by atoms with van der Waals surface area (Å²) in [6, 6.07) is 0. The van der Waals surface area contributed by atoms with Crippen LogP contribution in [0.3, 0.4) is 0 Å². The third-order valence-electron chi connectivity index (χ3n) is 1.19. The Morgan fingerprint density at radius 3 is 2.88 bits per heavy atom. The summed E-state index contributed by atoms with van der Waals surface area (Å²) in [6.07, 6.45) is 1.78. The Hall–Kier alpha value is -0.860. The minimum absolute atomic E-state index is 0.884. The maximum atomic E-state index is 3.82. The first-order valence-electron chi connectivity index (χ1n) is 2.58. The molecule has 1 aliphatic heterocycles. The monoisotopic (exact) mass is 111 g/mol. The van der Waals surface area contributed by atoms with Crippen molar-refractivity contribution in [2.75, 3.05) is 13.6 Å². The lowest BCUT2D eigenvalue weighted by Crippen LogP contribution is -2.27. The fraction of sp³-hybridized carbons (Fsp3) is 0.600. The summed E-state index contributed by atoms with van der Waals surface area (Å²) in [6.45, 7) is 2.83. The van der Waals surface area contributed by atoms with Gasteiger partial charge in [-0.05, 0) is 6.92 Å². The van der Waals surface area contributed by atoms with Crippen molar-refractivity contribution in [2.45, 2.75) is 6.92 Å². The quantitative estimate of drug-likeness (QED) is 0.443. The Morgan fingerprint density at radius 2 is 2.50 bits per heavy atom. The van der Waals surface area contributed by atoms with Crippen molar-refractivity contribution in [1.29, 1.82) is 0 Å². The number of hydrogen-bond donors (Lipinski definition) is 0. The van der Waals surface area contributed by atoms with Crippen LogP contribution in [-0.4, -0.2) is 30.5 Å². The largest absolute Gasteiger partial charge is 0.357 e. The molecule has 0 aliphatic carbocycles. The summed E-state index contributed by atoms with van der Waals surface area (Å²) < 4.78 is 0. The highest BCUT2D eigenvalue weighted by Crippen LogP contribution is 1.90. The lowest BCUT2D eigenvalue weighted by Gasteiger charge is -2.16. The molecule has 0 spiro atoms. The summed E-state index contributed by atoms with van der Waals surface area (Å²) >= 11 is 0. The van der Waals surface area contributed by atoms with Crippen LogP contribution in [0.15, 0.2) is 10.2 Å². The van der Waals surface area contributed by atoms with E-state index in [9.17, 15) is 0 Å². The van der Waals surface area contributed by atoms with Gasteiger partial charge in [-0.1, -0.05) is 0 Å². The maximum Gasteiger partial charge on any atom is 0.124 e. The molecule has 0 atom stereocenters. The first-order valence-corrected chi connectivity index (χ1v) is 2.58. The van der Waals surface area contributed by atoms with Gasteiger partial charge in [0, 0.05) is 13.3 Å². The molecule has 0 unspecified atom stereocenters. The topological polar surface area (TPSA) is 28.0 Å². The molecule has 1 heterocycles. The first-order chi connectivity index (χ1) is 3.80. The second-order valence-electron chi connectivity index (χ2n) is 1.83. The molecule has 0 bridgehead atoms. The van der Waals surface area contributed by atoms with E-state index in [1.165, 1.54) is 0 Å². The molecule has 3 nitrogen and oxygen atoms in total. The predicted octanol–water partition coefficient (Wildman–Crippen LogP) is 0.336. The third-order valence-corrected chi connectivity index (χ3v) is 1.19. The molecule has 0 N–H and O–H groups in total. The lowest BCUT2D eigenvalue weighted by molar-refractivity contribution is 0.569. The normalized spacial score (nSPS) is 18.8. The average molecular weight is 111 g/mol. The molecule has 0 amide bonds. The molecule has 0 aromatic rings. The van der Waals surface area contributed by atoms with Gasteiger partial charge in [-0.15, -0.1) is 5.10 Å². The standard InChI is InChI=1S/C5H9N3/c1-5-7-6-3-4-8(5)2/h3H,4H2,1-2H3. The molecule has 0 aromatic heterocycles. The van der Waals surface area contributed by atoms with Crippen LogP contribution in [0.25, 0.3) is 0 Å². The maximum absolute atomic E-state index is 3.82. The molecule has 0 fully saturated rings. The first kappa shape index (κ1) is 5.28. The van der Waals surface area contributed by atoms with Crippen molar-refractivity contribution in [3.8, 4) is 0 Å². The van der Waals surface area contributed by atoms with Gasteiger partial charge in [0.15, 0.2) is 0 Å². The van der Waals surface area contributed by atoms with Crippen LogP contribution in [0.2, 0.25) is 0 Å². The summed E-state index contributed by atoms with van der Waals surface area (Å²) in [7, 11) is 1.99. The molecule has 1 aliphatic rings. The van der Waals surface area contributed by atoms with Crippen LogP contribution >= 0.6 is 0 Å². The molecular formula is C5H9N3. The van der Waals surface area contributed by atoms with Gasteiger partial charge in [0.2, 0.25) is 0 Å². The second-order valence-corrected chi connectivity index (χ2v) is 1.83. The highest BCUT2D eigenvalue weighted by Gasteiger charge is 1.99. The minimum atomic E-state index is 0.884. The van der Waals surface area contributed by atoms with E-state index < -0.39 is 0 Å². The molecule has 0 radical (unpaired) electrons. The summed E-state index contributed by atoms with van der Waals surface area (Å²) in [5, 5.41) is 7.55. The van der Waals surface area contributed by atoms with Crippen molar-refractivity contribution in [3.05, 3.63) is 0 Å². The molecular weight excluding hydrogens is 102 g/mol. The number of rotatable bonds is 0. The van der Waals surface area contributed by atoms with Gasteiger partial charge < -0.3 is 4.90 Å². The molecule has 3 heteroatoms. The Labute approximate surface area is 48.7 Å². The molecule has 8 heavy (non-hydrogen) atoms.